The van der Waals surface area contributed by atoms with E-state index in [2.05, 4.69) is 71.5 Å². The summed E-state index contributed by atoms with van der Waals surface area (Å²) in [6.07, 6.45) is 1.63. The predicted octanol–water partition coefficient (Wildman–Crippen LogP) is 2.88. The van der Waals surface area contributed by atoms with Gasteiger partial charge >= 0.3 is 0 Å². The summed E-state index contributed by atoms with van der Waals surface area (Å²) >= 11 is 0. The van der Waals surface area contributed by atoms with Crippen LogP contribution in [0.4, 0.5) is 5.69 Å². The SMILES string of the molecule is CC(C)c1cc(NCc2cc(C(C)(C)C)n[nH]2)c2nncn2n1. The van der Waals surface area contributed by atoms with Crippen LogP contribution >= 0.6 is 0 Å². The van der Waals surface area contributed by atoms with E-state index < -0.39 is 0 Å². The molecular weight excluding hydrogens is 290 g/mol. The van der Waals surface area contributed by atoms with Crippen molar-refractivity contribution in [2.45, 2.75) is 52.5 Å². The van der Waals surface area contributed by atoms with Gasteiger partial charge in [0.1, 0.15) is 6.33 Å². The van der Waals surface area contributed by atoms with Crippen molar-refractivity contribution in [1.29, 1.82) is 0 Å². The highest BCUT2D eigenvalue weighted by atomic mass is 15.3. The van der Waals surface area contributed by atoms with E-state index in [1.54, 1.807) is 10.8 Å². The van der Waals surface area contributed by atoms with Gasteiger partial charge in [-0.2, -0.15) is 14.7 Å². The number of aromatic nitrogens is 6. The van der Waals surface area contributed by atoms with Crippen molar-refractivity contribution in [3.05, 3.63) is 35.5 Å². The molecule has 3 aromatic heterocycles. The van der Waals surface area contributed by atoms with Crippen LogP contribution in [-0.4, -0.2) is 30.0 Å². The second kappa shape index (κ2) is 5.64. The molecule has 0 radical (unpaired) electrons. The van der Waals surface area contributed by atoms with Crippen LogP contribution in [0.25, 0.3) is 5.65 Å². The Hall–Kier alpha value is -2.44. The highest BCUT2D eigenvalue weighted by Gasteiger charge is 2.17. The van der Waals surface area contributed by atoms with E-state index in [1.807, 2.05) is 6.07 Å². The molecule has 0 aliphatic rings. The lowest BCUT2D eigenvalue weighted by Gasteiger charge is -2.13. The first kappa shape index (κ1) is 15.5. The van der Waals surface area contributed by atoms with Crippen molar-refractivity contribution in [1.82, 2.24) is 30.0 Å². The molecule has 7 heteroatoms. The molecule has 7 nitrogen and oxygen atoms in total. The van der Waals surface area contributed by atoms with E-state index in [0.29, 0.717) is 12.5 Å². The molecule has 3 heterocycles. The van der Waals surface area contributed by atoms with E-state index >= 15 is 0 Å². The topological polar surface area (TPSA) is 83.8 Å². The standard InChI is InChI=1S/C16H23N7/c1-10(2)12-7-13(15-21-18-9-23(15)22-12)17-8-11-6-14(20-19-11)16(3,4)5/h6-7,9-10,17H,8H2,1-5H3,(H,19,20). The van der Waals surface area contributed by atoms with Crippen molar-refractivity contribution in [2.75, 3.05) is 5.32 Å². The number of hydrogen-bond donors (Lipinski definition) is 2. The summed E-state index contributed by atoms with van der Waals surface area (Å²) in [6.45, 7) is 11.3. The Morgan fingerprint density at radius 1 is 1.26 bits per heavy atom. The number of H-pyrrole nitrogens is 1. The van der Waals surface area contributed by atoms with Crippen LogP contribution in [0.3, 0.4) is 0 Å². The Labute approximate surface area is 135 Å². The quantitative estimate of drug-likeness (QED) is 0.773. The van der Waals surface area contributed by atoms with E-state index in [1.165, 1.54) is 0 Å². The Morgan fingerprint density at radius 3 is 2.70 bits per heavy atom. The van der Waals surface area contributed by atoms with Crippen LogP contribution in [0.5, 0.6) is 0 Å². The molecule has 0 atom stereocenters. The summed E-state index contributed by atoms with van der Waals surface area (Å²) < 4.78 is 1.71. The zero-order valence-electron chi connectivity index (χ0n) is 14.3. The van der Waals surface area contributed by atoms with Gasteiger partial charge in [0, 0.05) is 5.41 Å². The average Bonchev–Trinajstić information content (AvgIpc) is 3.12. The molecule has 3 rings (SSSR count). The monoisotopic (exact) mass is 313 g/mol. The van der Waals surface area contributed by atoms with Crippen molar-refractivity contribution < 1.29 is 0 Å². The van der Waals surface area contributed by atoms with Crippen LogP contribution in [0, 0.1) is 0 Å². The minimum atomic E-state index is 0.0382. The molecule has 0 aliphatic carbocycles. The van der Waals surface area contributed by atoms with Gasteiger partial charge in [-0.05, 0) is 18.1 Å². The van der Waals surface area contributed by atoms with Gasteiger partial charge in [0.2, 0.25) is 5.65 Å². The Bertz CT molecular complexity index is 807. The predicted molar refractivity (Wildman–Crippen MR) is 89.5 cm³/mol. The minimum Gasteiger partial charge on any atom is -0.376 e. The average molecular weight is 313 g/mol. The molecule has 0 saturated heterocycles. The summed E-state index contributed by atoms with van der Waals surface area (Å²) in [7, 11) is 0. The number of hydrogen-bond acceptors (Lipinski definition) is 5. The van der Waals surface area contributed by atoms with Gasteiger partial charge in [-0.25, -0.2) is 0 Å². The summed E-state index contributed by atoms with van der Waals surface area (Å²) in [5, 5.41) is 23.5. The zero-order valence-corrected chi connectivity index (χ0v) is 14.3. The van der Waals surface area contributed by atoms with E-state index in [-0.39, 0.29) is 5.41 Å². The molecule has 0 unspecified atom stereocenters. The first-order valence-electron chi connectivity index (χ1n) is 7.84. The van der Waals surface area contributed by atoms with E-state index in [0.717, 1.165) is 28.4 Å². The van der Waals surface area contributed by atoms with Gasteiger partial charge < -0.3 is 5.32 Å². The second-order valence-electron chi connectivity index (χ2n) is 7.12. The Morgan fingerprint density at radius 2 is 2.04 bits per heavy atom. The summed E-state index contributed by atoms with van der Waals surface area (Å²) in [5.74, 6) is 0.335. The highest BCUT2D eigenvalue weighted by Crippen LogP contribution is 2.22. The van der Waals surface area contributed by atoms with Crippen LogP contribution in [0.15, 0.2) is 18.5 Å². The number of rotatable bonds is 4. The molecule has 23 heavy (non-hydrogen) atoms. The van der Waals surface area contributed by atoms with E-state index in [4.69, 9.17) is 0 Å². The zero-order chi connectivity index (χ0) is 16.6. The summed E-state index contributed by atoms with van der Waals surface area (Å²) in [5.41, 5.74) is 4.78. The maximum Gasteiger partial charge on any atom is 0.200 e. The third kappa shape index (κ3) is 3.18. The number of aromatic amines is 1. The normalized spacial score (nSPS) is 12.3. The number of fused-ring (bicyclic) bond motifs is 1. The first-order chi connectivity index (χ1) is 10.8. The maximum absolute atomic E-state index is 4.52. The van der Waals surface area contributed by atoms with Gasteiger partial charge in [0.05, 0.1) is 29.3 Å². The third-order valence-electron chi connectivity index (χ3n) is 3.75. The highest BCUT2D eigenvalue weighted by molar-refractivity contribution is 5.66. The van der Waals surface area contributed by atoms with Crippen LogP contribution in [0.1, 0.15) is 57.6 Å². The minimum absolute atomic E-state index is 0.0382. The summed E-state index contributed by atoms with van der Waals surface area (Å²) in [6, 6.07) is 4.13. The van der Waals surface area contributed by atoms with Gasteiger partial charge in [-0.3, -0.25) is 5.10 Å². The van der Waals surface area contributed by atoms with Gasteiger partial charge in [-0.1, -0.05) is 34.6 Å². The molecule has 0 spiro atoms. The largest absolute Gasteiger partial charge is 0.376 e. The maximum atomic E-state index is 4.52. The molecule has 122 valence electrons. The van der Waals surface area contributed by atoms with Crippen LogP contribution < -0.4 is 5.32 Å². The van der Waals surface area contributed by atoms with Crippen molar-refractivity contribution in [3.63, 3.8) is 0 Å². The fraction of sp³-hybridized carbons (Fsp3) is 0.500. The lowest BCUT2D eigenvalue weighted by Crippen LogP contribution is -2.11. The lowest BCUT2D eigenvalue weighted by atomic mass is 9.92. The molecule has 2 N–H and O–H groups in total. The third-order valence-corrected chi connectivity index (χ3v) is 3.75. The van der Waals surface area contributed by atoms with Gasteiger partial charge in [0.25, 0.3) is 0 Å². The fourth-order valence-corrected chi connectivity index (χ4v) is 2.29. The Kier molecular flexibility index (Phi) is 3.79. The second-order valence-corrected chi connectivity index (χ2v) is 7.12. The molecule has 0 aromatic carbocycles. The molecule has 0 bridgehead atoms. The summed E-state index contributed by atoms with van der Waals surface area (Å²) in [4.78, 5) is 0. The first-order valence-corrected chi connectivity index (χ1v) is 7.84. The Balaban J connectivity index is 1.84. The lowest BCUT2D eigenvalue weighted by molar-refractivity contribution is 0.567. The van der Waals surface area contributed by atoms with Crippen LogP contribution in [0.2, 0.25) is 0 Å². The van der Waals surface area contributed by atoms with Crippen molar-refractivity contribution >= 4 is 11.3 Å². The molecule has 0 saturated carbocycles. The molecular formula is C16H23N7. The van der Waals surface area contributed by atoms with Crippen molar-refractivity contribution in [3.8, 4) is 0 Å². The molecule has 0 amide bonds. The van der Waals surface area contributed by atoms with Gasteiger partial charge in [0.15, 0.2) is 0 Å². The molecule has 0 aliphatic heterocycles. The number of nitrogens with one attached hydrogen (secondary N) is 2. The number of anilines is 1. The smallest absolute Gasteiger partial charge is 0.200 e. The molecule has 3 aromatic rings. The molecule has 0 fully saturated rings. The van der Waals surface area contributed by atoms with Gasteiger partial charge in [-0.15, -0.1) is 10.2 Å². The fourth-order valence-electron chi connectivity index (χ4n) is 2.29. The van der Waals surface area contributed by atoms with Crippen molar-refractivity contribution in [2.24, 2.45) is 0 Å². The van der Waals surface area contributed by atoms with E-state index in [9.17, 15) is 0 Å². The number of nitrogens with zero attached hydrogens (tertiary/aromatic N) is 5. The van der Waals surface area contributed by atoms with Crippen LogP contribution in [-0.2, 0) is 12.0 Å².